The van der Waals surface area contributed by atoms with Gasteiger partial charge in [-0.25, -0.2) is 0 Å². The summed E-state index contributed by atoms with van der Waals surface area (Å²) in [5.74, 6) is 0.823. The molecule has 0 aliphatic carbocycles. The van der Waals surface area contributed by atoms with Gasteiger partial charge in [0.1, 0.15) is 5.75 Å². The van der Waals surface area contributed by atoms with Crippen molar-refractivity contribution in [3.63, 3.8) is 0 Å². The third-order valence-corrected chi connectivity index (χ3v) is 6.39. The van der Waals surface area contributed by atoms with Gasteiger partial charge < -0.3 is 9.64 Å². The van der Waals surface area contributed by atoms with E-state index in [1.54, 1.807) is 7.11 Å². The molecule has 3 nitrogen and oxygen atoms in total. The van der Waals surface area contributed by atoms with Crippen LogP contribution in [0.2, 0.25) is 0 Å². The van der Waals surface area contributed by atoms with Crippen LogP contribution in [-0.2, 0) is 0 Å². The van der Waals surface area contributed by atoms with Crippen molar-refractivity contribution in [2.45, 2.75) is 96.8 Å². The van der Waals surface area contributed by atoms with Crippen molar-refractivity contribution in [2.24, 2.45) is 0 Å². The highest BCUT2D eigenvalue weighted by Crippen LogP contribution is 2.20. The van der Waals surface area contributed by atoms with Crippen LogP contribution in [0, 0.1) is 0 Å². The van der Waals surface area contributed by atoms with Crippen LogP contribution in [-0.4, -0.2) is 19.6 Å². The Balaban J connectivity index is 1.65. The first-order valence-corrected chi connectivity index (χ1v) is 13.3. The molecule has 2 aromatic rings. The van der Waals surface area contributed by atoms with E-state index in [1.165, 1.54) is 83.5 Å². The summed E-state index contributed by atoms with van der Waals surface area (Å²) in [7, 11) is 1.64. The second kappa shape index (κ2) is 17.2. The van der Waals surface area contributed by atoms with Gasteiger partial charge in [-0.3, -0.25) is 4.79 Å². The number of unbranched alkanes of at least 4 members (excludes halogenated alkanes) is 13. The van der Waals surface area contributed by atoms with Crippen molar-refractivity contribution in [1.29, 1.82) is 0 Å². The number of nitrogens with zero attached hydrogens (tertiary/aromatic N) is 1. The highest BCUT2D eigenvalue weighted by Gasteiger charge is 2.17. The van der Waals surface area contributed by atoms with Crippen LogP contribution in [0.1, 0.15) is 107 Å². The fourth-order valence-corrected chi connectivity index (χ4v) is 4.31. The van der Waals surface area contributed by atoms with Gasteiger partial charge in [-0.05, 0) is 42.8 Å². The molecule has 0 spiro atoms. The molecule has 0 aliphatic heterocycles. The average Bonchev–Trinajstić information content (AvgIpc) is 2.86. The van der Waals surface area contributed by atoms with Crippen LogP contribution in [0.4, 0.5) is 5.69 Å². The molecule has 0 atom stereocenters. The predicted molar refractivity (Wildman–Crippen MR) is 141 cm³/mol. The first kappa shape index (κ1) is 27.0. The van der Waals surface area contributed by atoms with Crippen molar-refractivity contribution in [2.75, 3.05) is 18.6 Å². The van der Waals surface area contributed by atoms with E-state index >= 15 is 0 Å². The average molecular weight is 452 g/mol. The zero-order valence-corrected chi connectivity index (χ0v) is 21.1. The SMILES string of the molecule is CCCCCCCCCCCCCCCCN(C(=O)c1ccc(OC)cc1)c1ccccc1. The Morgan fingerprint density at radius 3 is 1.64 bits per heavy atom. The second-order valence-corrected chi connectivity index (χ2v) is 9.12. The van der Waals surface area contributed by atoms with E-state index in [4.69, 9.17) is 4.74 Å². The fraction of sp³-hybridized carbons (Fsp3) is 0.567. The lowest BCUT2D eigenvalue weighted by Crippen LogP contribution is -2.31. The molecular formula is C30H45NO2. The van der Waals surface area contributed by atoms with Gasteiger partial charge in [0.25, 0.3) is 5.91 Å². The molecule has 0 bridgehead atoms. The van der Waals surface area contributed by atoms with E-state index in [1.807, 2.05) is 59.5 Å². The summed E-state index contributed by atoms with van der Waals surface area (Å²) in [4.78, 5) is 15.1. The Kier molecular flexibility index (Phi) is 14.1. The number of amides is 1. The number of carbonyl (C=O) groups is 1. The topological polar surface area (TPSA) is 29.5 Å². The summed E-state index contributed by atoms with van der Waals surface area (Å²) >= 11 is 0. The molecule has 0 N–H and O–H groups in total. The van der Waals surface area contributed by atoms with E-state index in [9.17, 15) is 4.79 Å². The lowest BCUT2D eigenvalue weighted by Gasteiger charge is -2.23. The fourth-order valence-electron chi connectivity index (χ4n) is 4.31. The van der Waals surface area contributed by atoms with Crippen molar-refractivity contribution < 1.29 is 9.53 Å². The van der Waals surface area contributed by atoms with Crippen LogP contribution in [0.3, 0.4) is 0 Å². The number of hydrogen-bond acceptors (Lipinski definition) is 2. The van der Waals surface area contributed by atoms with Gasteiger partial charge in [-0.15, -0.1) is 0 Å². The van der Waals surface area contributed by atoms with E-state index in [0.717, 1.165) is 24.4 Å². The van der Waals surface area contributed by atoms with Gasteiger partial charge in [-0.2, -0.15) is 0 Å². The Labute approximate surface area is 202 Å². The summed E-state index contributed by atoms with van der Waals surface area (Å²) < 4.78 is 5.23. The lowest BCUT2D eigenvalue weighted by molar-refractivity contribution is 0.0986. The maximum absolute atomic E-state index is 13.2. The molecule has 0 heterocycles. The third-order valence-electron chi connectivity index (χ3n) is 6.39. The summed E-state index contributed by atoms with van der Waals surface area (Å²) in [6, 6.07) is 17.4. The minimum atomic E-state index is 0.0542. The second-order valence-electron chi connectivity index (χ2n) is 9.12. The maximum atomic E-state index is 13.2. The van der Waals surface area contributed by atoms with Gasteiger partial charge in [0.2, 0.25) is 0 Å². The van der Waals surface area contributed by atoms with E-state index in [-0.39, 0.29) is 5.91 Å². The molecule has 0 saturated carbocycles. The minimum absolute atomic E-state index is 0.0542. The molecule has 0 fully saturated rings. The van der Waals surface area contributed by atoms with Crippen LogP contribution in [0.15, 0.2) is 54.6 Å². The number of methoxy groups -OCH3 is 1. The summed E-state index contributed by atoms with van der Waals surface area (Å²) in [6.07, 6.45) is 18.7. The number of rotatable bonds is 18. The summed E-state index contributed by atoms with van der Waals surface area (Å²) in [6.45, 7) is 3.04. The summed E-state index contributed by atoms with van der Waals surface area (Å²) in [5.41, 5.74) is 1.66. The van der Waals surface area contributed by atoms with Crippen LogP contribution in [0.25, 0.3) is 0 Å². The van der Waals surface area contributed by atoms with Crippen LogP contribution < -0.4 is 9.64 Å². The van der Waals surface area contributed by atoms with Crippen molar-refractivity contribution >= 4 is 11.6 Å². The first-order valence-electron chi connectivity index (χ1n) is 13.3. The first-order chi connectivity index (χ1) is 16.3. The highest BCUT2D eigenvalue weighted by atomic mass is 16.5. The molecule has 0 aromatic heterocycles. The number of anilines is 1. The van der Waals surface area contributed by atoms with Gasteiger partial charge in [-0.1, -0.05) is 109 Å². The standard InChI is InChI=1S/C30H45NO2/c1-3-4-5-6-7-8-9-10-11-12-13-14-15-19-26-31(28-20-17-16-18-21-28)30(32)27-22-24-29(33-2)25-23-27/h16-18,20-25H,3-15,19,26H2,1-2H3. The Morgan fingerprint density at radius 2 is 1.15 bits per heavy atom. The normalized spacial score (nSPS) is 10.8. The molecule has 2 rings (SSSR count). The number of ether oxygens (including phenoxy) is 1. The van der Waals surface area contributed by atoms with Gasteiger partial charge in [0.05, 0.1) is 7.11 Å². The number of carbonyl (C=O) groups excluding carboxylic acids is 1. The minimum Gasteiger partial charge on any atom is -0.497 e. The van der Waals surface area contributed by atoms with Crippen LogP contribution in [0.5, 0.6) is 5.75 Å². The van der Waals surface area contributed by atoms with Gasteiger partial charge >= 0.3 is 0 Å². The van der Waals surface area contributed by atoms with Crippen molar-refractivity contribution in [3.05, 3.63) is 60.2 Å². The number of benzene rings is 2. The molecule has 0 aliphatic rings. The highest BCUT2D eigenvalue weighted by molar-refractivity contribution is 6.06. The molecule has 33 heavy (non-hydrogen) atoms. The third kappa shape index (κ3) is 10.9. The lowest BCUT2D eigenvalue weighted by atomic mass is 10.0. The van der Waals surface area contributed by atoms with Gasteiger partial charge in [0, 0.05) is 17.8 Å². The molecule has 2 aromatic carbocycles. The summed E-state index contributed by atoms with van der Waals surface area (Å²) in [5, 5.41) is 0. The van der Waals surface area contributed by atoms with E-state index in [2.05, 4.69) is 6.92 Å². The van der Waals surface area contributed by atoms with Crippen molar-refractivity contribution in [3.8, 4) is 5.75 Å². The van der Waals surface area contributed by atoms with Crippen LogP contribution >= 0.6 is 0 Å². The van der Waals surface area contributed by atoms with E-state index < -0.39 is 0 Å². The molecular weight excluding hydrogens is 406 g/mol. The Hall–Kier alpha value is -2.29. The molecule has 3 heteroatoms. The molecule has 0 unspecified atom stereocenters. The molecule has 1 amide bonds. The zero-order valence-electron chi connectivity index (χ0n) is 21.1. The predicted octanol–water partition coefficient (Wildman–Crippen LogP) is 8.82. The number of para-hydroxylation sites is 1. The quantitative estimate of drug-likeness (QED) is 0.212. The largest absolute Gasteiger partial charge is 0.497 e. The zero-order chi connectivity index (χ0) is 23.6. The molecule has 182 valence electrons. The maximum Gasteiger partial charge on any atom is 0.258 e. The molecule has 0 radical (unpaired) electrons. The van der Waals surface area contributed by atoms with Gasteiger partial charge in [0.15, 0.2) is 0 Å². The monoisotopic (exact) mass is 451 g/mol. The Bertz CT molecular complexity index is 742. The van der Waals surface area contributed by atoms with Crippen molar-refractivity contribution in [1.82, 2.24) is 0 Å². The molecule has 0 saturated heterocycles. The van der Waals surface area contributed by atoms with E-state index in [0.29, 0.717) is 5.56 Å². The Morgan fingerprint density at radius 1 is 0.667 bits per heavy atom. The smallest absolute Gasteiger partial charge is 0.258 e. The number of hydrogen-bond donors (Lipinski definition) is 0.